The van der Waals surface area contributed by atoms with E-state index >= 15 is 0 Å². The Morgan fingerprint density at radius 2 is 1.83 bits per heavy atom. The molecule has 0 saturated carbocycles. The standard InChI is InChI=1S/C18H15F3N4O5/c1-17(27,9-30-13-5-2-11(3-6-13)23-10-22)16(26)24-12-4-7-15(25(28)29)14(8-12)18(19,20)21/h2-8,23,27H,9H2,1H3,(H,24,26)/t17-/m0/s1. The van der Waals surface area contributed by atoms with Crippen LogP contribution in [0.4, 0.5) is 30.2 Å². The Hall–Kier alpha value is -3.85. The van der Waals surface area contributed by atoms with E-state index in [1.54, 1.807) is 6.19 Å². The molecule has 0 saturated heterocycles. The molecule has 0 spiro atoms. The molecule has 9 nitrogen and oxygen atoms in total. The zero-order valence-corrected chi connectivity index (χ0v) is 15.4. The zero-order chi connectivity index (χ0) is 22.5. The second kappa shape index (κ2) is 8.66. The minimum Gasteiger partial charge on any atom is -0.490 e. The minimum atomic E-state index is -5.01. The van der Waals surface area contributed by atoms with Crippen molar-refractivity contribution in [2.24, 2.45) is 0 Å². The average Bonchev–Trinajstić information content (AvgIpc) is 2.67. The Morgan fingerprint density at radius 1 is 1.23 bits per heavy atom. The summed E-state index contributed by atoms with van der Waals surface area (Å²) in [6, 6.07) is 7.92. The van der Waals surface area contributed by atoms with Crippen molar-refractivity contribution < 1.29 is 32.7 Å². The number of hydrogen-bond acceptors (Lipinski definition) is 7. The van der Waals surface area contributed by atoms with E-state index in [0.29, 0.717) is 17.8 Å². The molecule has 158 valence electrons. The number of halogens is 3. The normalized spacial score (nSPS) is 12.9. The van der Waals surface area contributed by atoms with Crippen molar-refractivity contribution >= 4 is 23.0 Å². The molecule has 0 aliphatic carbocycles. The molecular formula is C18H15F3N4O5. The molecule has 2 rings (SSSR count). The lowest BCUT2D eigenvalue weighted by molar-refractivity contribution is -0.388. The van der Waals surface area contributed by atoms with Gasteiger partial charge < -0.3 is 15.2 Å². The Labute approximate surface area is 167 Å². The number of carbonyl (C=O) groups excluding carboxylic acids is 1. The van der Waals surface area contributed by atoms with E-state index in [2.05, 4.69) is 10.6 Å². The van der Waals surface area contributed by atoms with E-state index in [1.807, 2.05) is 0 Å². The van der Waals surface area contributed by atoms with Crippen LogP contribution in [0.2, 0.25) is 0 Å². The molecule has 3 N–H and O–H groups in total. The topological polar surface area (TPSA) is 138 Å². The van der Waals surface area contributed by atoms with Crippen molar-refractivity contribution in [1.29, 1.82) is 5.26 Å². The summed E-state index contributed by atoms with van der Waals surface area (Å²) in [5, 5.41) is 34.1. The lowest BCUT2D eigenvalue weighted by Crippen LogP contribution is -2.45. The SMILES string of the molecule is C[C@](O)(COc1ccc(NC#N)cc1)C(=O)Nc1ccc([N+](=O)[O-])c(C(F)(F)F)c1. The fourth-order valence-electron chi connectivity index (χ4n) is 2.25. The van der Waals surface area contributed by atoms with Crippen LogP contribution in [0.15, 0.2) is 42.5 Å². The number of anilines is 2. The largest absolute Gasteiger partial charge is 0.490 e. The van der Waals surface area contributed by atoms with Gasteiger partial charge in [0.1, 0.15) is 17.9 Å². The van der Waals surface area contributed by atoms with Gasteiger partial charge in [0.25, 0.3) is 11.6 Å². The summed E-state index contributed by atoms with van der Waals surface area (Å²) in [5.74, 6) is -0.812. The highest BCUT2D eigenvalue weighted by molar-refractivity contribution is 5.97. The number of benzene rings is 2. The number of aliphatic hydroxyl groups is 1. The predicted molar refractivity (Wildman–Crippen MR) is 98.5 cm³/mol. The summed E-state index contributed by atoms with van der Waals surface area (Å²) in [7, 11) is 0. The fourth-order valence-corrected chi connectivity index (χ4v) is 2.25. The lowest BCUT2D eigenvalue weighted by atomic mass is 10.1. The summed E-state index contributed by atoms with van der Waals surface area (Å²) < 4.78 is 44.4. The molecule has 30 heavy (non-hydrogen) atoms. The molecule has 0 heterocycles. The first-order valence-corrected chi connectivity index (χ1v) is 8.21. The van der Waals surface area contributed by atoms with Gasteiger partial charge in [-0.25, -0.2) is 0 Å². The molecule has 1 amide bonds. The number of ether oxygens (including phenoxy) is 1. The van der Waals surface area contributed by atoms with Gasteiger partial charge in [0.05, 0.1) is 4.92 Å². The highest BCUT2D eigenvalue weighted by atomic mass is 19.4. The number of carbonyl (C=O) groups is 1. The second-order valence-corrected chi connectivity index (χ2v) is 6.26. The number of hydrogen-bond donors (Lipinski definition) is 3. The first-order chi connectivity index (χ1) is 13.9. The van der Waals surface area contributed by atoms with E-state index in [4.69, 9.17) is 10.00 Å². The van der Waals surface area contributed by atoms with Crippen molar-refractivity contribution in [3.8, 4) is 11.9 Å². The van der Waals surface area contributed by atoms with Crippen molar-refractivity contribution in [3.63, 3.8) is 0 Å². The quantitative estimate of drug-likeness (QED) is 0.268. The molecule has 0 unspecified atom stereocenters. The number of nitrogens with one attached hydrogen (secondary N) is 2. The Morgan fingerprint density at radius 3 is 2.37 bits per heavy atom. The number of nitriles is 1. The van der Waals surface area contributed by atoms with Gasteiger partial charge in [0.15, 0.2) is 11.8 Å². The van der Waals surface area contributed by atoms with Crippen LogP contribution in [0.1, 0.15) is 12.5 Å². The maximum absolute atomic E-state index is 13.0. The molecule has 0 radical (unpaired) electrons. The zero-order valence-electron chi connectivity index (χ0n) is 15.4. The highest BCUT2D eigenvalue weighted by Gasteiger charge is 2.39. The van der Waals surface area contributed by atoms with Crippen LogP contribution >= 0.6 is 0 Å². The van der Waals surface area contributed by atoms with E-state index in [1.165, 1.54) is 24.3 Å². The summed E-state index contributed by atoms with van der Waals surface area (Å²) in [4.78, 5) is 21.9. The van der Waals surface area contributed by atoms with Crippen LogP contribution in [-0.4, -0.2) is 28.1 Å². The number of nitrogens with zero attached hydrogens (tertiary/aromatic N) is 2. The smallest absolute Gasteiger partial charge is 0.423 e. The second-order valence-electron chi connectivity index (χ2n) is 6.26. The Balaban J connectivity index is 2.10. The van der Waals surface area contributed by atoms with Gasteiger partial charge in [-0.3, -0.25) is 20.2 Å². The van der Waals surface area contributed by atoms with Gasteiger partial charge in [-0.1, -0.05) is 0 Å². The van der Waals surface area contributed by atoms with Crippen LogP contribution in [0, 0.1) is 21.6 Å². The van der Waals surface area contributed by atoms with Crippen molar-refractivity contribution in [1.82, 2.24) is 0 Å². The summed E-state index contributed by atoms with van der Waals surface area (Å²) in [6.07, 6.45) is -3.28. The van der Waals surface area contributed by atoms with E-state index in [9.17, 15) is 33.2 Å². The number of nitro benzene ring substituents is 1. The van der Waals surface area contributed by atoms with Gasteiger partial charge in [-0.2, -0.15) is 18.4 Å². The Kier molecular flexibility index (Phi) is 6.48. The summed E-state index contributed by atoms with van der Waals surface area (Å²) >= 11 is 0. The van der Waals surface area contributed by atoms with Crippen molar-refractivity contribution in [2.45, 2.75) is 18.7 Å². The van der Waals surface area contributed by atoms with E-state index in [0.717, 1.165) is 13.0 Å². The van der Waals surface area contributed by atoms with Crippen LogP contribution in [-0.2, 0) is 11.0 Å². The molecule has 0 aliphatic rings. The summed E-state index contributed by atoms with van der Waals surface area (Å²) in [5.41, 5.74) is -4.72. The molecule has 2 aromatic carbocycles. The van der Waals surface area contributed by atoms with E-state index < -0.39 is 40.5 Å². The number of alkyl halides is 3. The van der Waals surface area contributed by atoms with Gasteiger partial charge in [0, 0.05) is 17.4 Å². The van der Waals surface area contributed by atoms with Crippen LogP contribution in [0.25, 0.3) is 0 Å². The maximum atomic E-state index is 13.0. The van der Waals surface area contributed by atoms with Crippen LogP contribution < -0.4 is 15.4 Å². The molecule has 0 aromatic heterocycles. The minimum absolute atomic E-state index is 0.265. The van der Waals surface area contributed by atoms with Crippen LogP contribution in [0.3, 0.4) is 0 Å². The number of nitro groups is 1. The first kappa shape index (κ1) is 22.4. The predicted octanol–water partition coefficient (Wildman–Crippen LogP) is 3.28. The maximum Gasteiger partial charge on any atom is 0.423 e. The third-order valence-electron chi connectivity index (χ3n) is 3.82. The molecule has 2 aromatic rings. The Bertz CT molecular complexity index is 985. The molecule has 0 aliphatic heterocycles. The molecule has 12 heteroatoms. The number of amides is 1. The number of rotatable bonds is 7. The first-order valence-electron chi connectivity index (χ1n) is 8.21. The molecule has 1 atom stereocenters. The van der Waals surface area contributed by atoms with Crippen LogP contribution in [0.5, 0.6) is 5.75 Å². The molecule has 0 fully saturated rings. The monoisotopic (exact) mass is 424 g/mol. The van der Waals surface area contributed by atoms with Crippen molar-refractivity contribution in [2.75, 3.05) is 17.2 Å². The summed E-state index contributed by atoms with van der Waals surface area (Å²) in [6.45, 7) is 0.549. The van der Waals surface area contributed by atoms with Gasteiger partial charge in [0.2, 0.25) is 0 Å². The third kappa shape index (κ3) is 5.58. The fraction of sp³-hybridized carbons (Fsp3) is 0.222. The molecular weight excluding hydrogens is 409 g/mol. The highest BCUT2D eigenvalue weighted by Crippen LogP contribution is 2.37. The van der Waals surface area contributed by atoms with Crippen molar-refractivity contribution in [3.05, 3.63) is 58.1 Å². The average molecular weight is 424 g/mol. The van der Waals surface area contributed by atoms with Gasteiger partial charge in [-0.05, 0) is 43.3 Å². The van der Waals surface area contributed by atoms with Gasteiger partial charge >= 0.3 is 6.18 Å². The lowest BCUT2D eigenvalue weighted by Gasteiger charge is -2.23. The van der Waals surface area contributed by atoms with E-state index in [-0.39, 0.29) is 11.4 Å². The van der Waals surface area contributed by atoms with Gasteiger partial charge in [-0.15, -0.1) is 0 Å². The molecule has 0 bridgehead atoms. The third-order valence-corrected chi connectivity index (χ3v) is 3.82.